The SMILES string of the molecule is CCOCCN1CC(CBr)OC(C)(C)C1. The average Bonchev–Trinajstić information content (AvgIpc) is 2.16. The molecule has 1 saturated heterocycles. The van der Waals surface area contributed by atoms with Crippen LogP contribution in [0.25, 0.3) is 0 Å². The van der Waals surface area contributed by atoms with E-state index in [2.05, 4.69) is 34.7 Å². The van der Waals surface area contributed by atoms with Gasteiger partial charge in [0, 0.05) is 31.6 Å². The van der Waals surface area contributed by atoms with E-state index in [9.17, 15) is 0 Å². The number of halogens is 1. The van der Waals surface area contributed by atoms with Crippen LogP contribution in [0, 0.1) is 0 Å². The predicted molar refractivity (Wildman–Crippen MR) is 65.7 cm³/mol. The van der Waals surface area contributed by atoms with Gasteiger partial charge in [0.25, 0.3) is 0 Å². The molecule has 1 rings (SSSR count). The van der Waals surface area contributed by atoms with Gasteiger partial charge in [-0.15, -0.1) is 0 Å². The molecule has 3 nitrogen and oxygen atoms in total. The molecule has 1 heterocycles. The average molecular weight is 280 g/mol. The van der Waals surface area contributed by atoms with Crippen molar-refractivity contribution in [2.75, 3.05) is 38.2 Å². The van der Waals surface area contributed by atoms with Gasteiger partial charge in [-0.1, -0.05) is 15.9 Å². The molecule has 15 heavy (non-hydrogen) atoms. The topological polar surface area (TPSA) is 21.7 Å². The number of nitrogens with zero attached hydrogens (tertiary/aromatic N) is 1. The van der Waals surface area contributed by atoms with Crippen molar-refractivity contribution in [2.24, 2.45) is 0 Å². The Labute approximate surface area is 101 Å². The lowest BCUT2D eigenvalue weighted by atomic mass is 10.1. The third kappa shape index (κ3) is 4.81. The first kappa shape index (κ1) is 13.4. The van der Waals surface area contributed by atoms with E-state index in [1.54, 1.807) is 0 Å². The molecule has 0 aliphatic carbocycles. The van der Waals surface area contributed by atoms with Crippen LogP contribution in [-0.2, 0) is 9.47 Å². The highest BCUT2D eigenvalue weighted by atomic mass is 79.9. The molecule has 1 aliphatic rings. The van der Waals surface area contributed by atoms with Gasteiger partial charge in [-0.2, -0.15) is 0 Å². The standard InChI is InChI=1S/C11H22BrNO2/c1-4-14-6-5-13-8-10(7-12)15-11(2,3)9-13/h10H,4-9H2,1-3H3. The van der Waals surface area contributed by atoms with Gasteiger partial charge in [0.05, 0.1) is 18.3 Å². The minimum absolute atomic E-state index is 0.0388. The largest absolute Gasteiger partial charge is 0.380 e. The molecule has 4 heteroatoms. The quantitative estimate of drug-likeness (QED) is 0.567. The lowest BCUT2D eigenvalue weighted by Gasteiger charge is -2.42. The smallest absolute Gasteiger partial charge is 0.0806 e. The summed E-state index contributed by atoms with van der Waals surface area (Å²) in [6, 6.07) is 0. The molecule has 0 N–H and O–H groups in total. The van der Waals surface area contributed by atoms with Crippen LogP contribution in [-0.4, -0.2) is 54.8 Å². The highest BCUT2D eigenvalue weighted by Crippen LogP contribution is 2.21. The molecule has 1 unspecified atom stereocenters. The lowest BCUT2D eigenvalue weighted by molar-refractivity contribution is -0.129. The van der Waals surface area contributed by atoms with Gasteiger partial charge in [-0.3, -0.25) is 4.90 Å². The maximum atomic E-state index is 5.93. The lowest BCUT2D eigenvalue weighted by Crippen LogP contribution is -2.53. The summed E-state index contributed by atoms with van der Waals surface area (Å²) >= 11 is 3.49. The molecular formula is C11H22BrNO2. The predicted octanol–water partition coefficient (Wildman–Crippen LogP) is 1.90. The summed E-state index contributed by atoms with van der Waals surface area (Å²) in [7, 11) is 0. The van der Waals surface area contributed by atoms with Gasteiger partial charge in [0.1, 0.15) is 0 Å². The molecule has 0 saturated carbocycles. The third-order valence-corrected chi connectivity index (χ3v) is 3.20. The fraction of sp³-hybridized carbons (Fsp3) is 1.00. The number of rotatable bonds is 5. The maximum Gasteiger partial charge on any atom is 0.0806 e. The summed E-state index contributed by atoms with van der Waals surface area (Å²) in [5, 5.41) is 0.904. The van der Waals surface area contributed by atoms with Gasteiger partial charge in [0.2, 0.25) is 0 Å². The van der Waals surface area contributed by atoms with E-state index in [-0.39, 0.29) is 5.60 Å². The molecule has 0 aromatic heterocycles. The van der Waals surface area contributed by atoms with Crippen molar-refractivity contribution >= 4 is 15.9 Å². The first-order valence-electron chi connectivity index (χ1n) is 5.61. The van der Waals surface area contributed by atoms with Crippen LogP contribution >= 0.6 is 15.9 Å². The van der Waals surface area contributed by atoms with E-state index in [0.29, 0.717) is 6.10 Å². The highest BCUT2D eigenvalue weighted by molar-refractivity contribution is 9.09. The Morgan fingerprint density at radius 2 is 2.27 bits per heavy atom. The van der Waals surface area contributed by atoms with Crippen molar-refractivity contribution in [2.45, 2.75) is 32.5 Å². The molecule has 0 bridgehead atoms. The number of ether oxygens (including phenoxy) is 2. The number of hydrogen-bond donors (Lipinski definition) is 0. The van der Waals surface area contributed by atoms with Gasteiger partial charge in [0.15, 0.2) is 0 Å². The van der Waals surface area contributed by atoms with Crippen molar-refractivity contribution in [1.82, 2.24) is 4.90 Å². The van der Waals surface area contributed by atoms with Crippen molar-refractivity contribution in [3.05, 3.63) is 0 Å². The van der Waals surface area contributed by atoms with Crippen LogP contribution < -0.4 is 0 Å². The monoisotopic (exact) mass is 279 g/mol. The Kier molecular flexibility index (Phi) is 5.53. The van der Waals surface area contributed by atoms with E-state index in [1.807, 2.05) is 6.92 Å². The van der Waals surface area contributed by atoms with Crippen molar-refractivity contribution in [1.29, 1.82) is 0 Å². The number of alkyl halides is 1. The van der Waals surface area contributed by atoms with Crippen LogP contribution in [0.1, 0.15) is 20.8 Å². The Balaban J connectivity index is 2.36. The summed E-state index contributed by atoms with van der Waals surface area (Å²) in [6.45, 7) is 10.9. The molecule has 0 aromatic carbocycles. The molecular weight excluding hydrogens is 258 g/mol. The fourth-order valence-electron chi connectivity index (χ4n) is 2.01. The van der Waals surface area contributed by atoms with E-state index >= 15 is 0 Å². The van der Waals surface area contributed by atoms with Crippen molar-refractivity contribution < 1.29 is 9.47 Å². The Bertz CT molecular complexity index is 187. The molecule has 1 fully saturated rings. The van der Waals surface area contributed by atoms with Crippen LogP contribution in [0.2, 0.25) is 0 Å². The summed E-state index contributed by atoms with van der Waals surface area (Å²) in [5.74, 6) is 0. The van der Waals surface area contributed by atoms with Gasteiger partial charge >= 0.3 is 0 Å². The van der Waals surface area contributed by atoms with Crippen LogP contribution in [0.15, 0.2) is 0 Å². The van der Waals surface area contributed by atoms with E-state index in [1.165, 1.54) is 0 Å². The molecule has 0 spiro atoms. The Hall–Kier alpha value is 0.360. The minimum Gasteiger partial charge on any atom is -0.380 e. The van der Waals surface area contributed by atoms with E-state index in [4.69, 9.17) is 9.47 Å². The van der Waals surface area contributed by atoms with Crippen molar-refractivity contribution in [3.8, 4) is 0 Å². The van der Waals surface area contributed by atoms with Crippen molar-refractivity contribution in [3.63, 3.8) is 0 Å². The van der Waals surface area contributed by atoms with Crippen LogP contribution in [0.5, 0.6) is 0 Å². The summed E-state index contributed by atoms with van der Waals surface area (Å²) in [6.07, 6.45) is 0.301. The zero-order valence-electron chi connectivity index (χ0n) is 9.96. The Morgan fingerprint density at radius 1 is 1.53 bits per heavy atom. The second kappa shape index (κ2) is 6.18. The van der Waals surface area contributed by atoms with Crippen LogP contribution in [0.3, 0.4) is 0 Å². The molecule has 0 aromatic rings. The highest BCUT2D eigenvalue weighted by Gasteiger charge is 2.32. The molecule has 90 valence electrons. The first-order valence-corrected chi connectivity index (χ1v) is 6.73. The molecule has 1 atom stereocenters. The van der Waals surface area contributed by atoms with E-state index in [0.717, 1.165) is 38.2 Å². The zero-order chi connectivity index (χ0) is 11.3. The normalized spacial score (nSPS) is 26.8. The second-order valence-electron chi connectivity index (χ2n) is 4.59. The molecule has 0 radical (unpaired) electrons. The summed E-state index contributed by atoms with van der Waals surface area (Å²) in [5.41, 5.74) is -0.0388. The summed E-state index contributed by atoms with van der Waals surface area (Å²) in [4.78, 5) is 2.42. The zero-order valence-corrected chi connectivity index (χ0v) is 11.5. The Morgan fingerprint density at radius 3 is 2.87 bits per heavy atom. The molecule has 0 amide bonds. The van der Waals surface area contributed by atoms with Gasteiger partial charge < -0.3 is 9.47 Å². The fourth-order valence-corrected chi connectivity index (χ4v) is 2.34. The molecule has 1 aliphatic heterocycles. The maximum absolute atomic E-state index is 5.93. The van der Waals surface area contributed by atoms with Crippen LogP contribution in [0.4, 0.5) is 0 Å². The van der Waals surface area contributed by atoms with Gasteiger partial charge in [-0.25, -0.2) is 0 Å². The third-order valence-electron chi connectivity index (χ3n) is 2.48. The van der Waals surface area contributed by atoms with Gasteiger partial charge in [-0.05, 0) is 20.8 Å². The number of hydrogen-bond acceptors (Lipinski definition) is 3. The number of morpholine rings is 1. The minimum atomic E-state index is -0.0388. The first-order chi connectivity index (χ1) is 7.07. The summed E-state index contributed by atoms with van der Waals surface area (Å²) < 4.78 is 11.3. The second-order valence-corrected chi connectivity index (χ2v) is 5.23. The van der Waals surface area contributed by atoms with E-state index < -0.39 is 0 Å².